The molecule has 0 aliphatic carbocycles. The predicted octanol–water partition coefficient (Wildman–Crippen LogP) is 4.78. The van der Waals surface area contributed by atoms with Crippen LogP contribution in [0.25, 0.3) is 5.52 Å². The van der Waals surface area contributed by atoms with Crippen LogP contribution in [0.5, 0.6) is 0 Å². The van der Waals surface area contributed by atoms with Crippen molar-refractivity contribution in [2.75, 3.05) is 13.1 Å². The summed E-state index contributed by atoms with van der Waals surface area (Å²) in [6.45, 7) is 13.3. The van der Waals surface area contributed by atoms with E-state index in [2.05, 4.69) is 30.4 Å². The van der Waals surface area contributed by atoms with Crippen LogP contribution in [0.3, 0.4) is 0 Å². The summed E-state index contributed by atoms with van der Waals surface area (Å²) in [5.74, 6) is 0.475. The fraction of sp³-hybridized carbons (Fsp3) is 0.600. The Balaban J connectivity index is 0.00000109. The molecule has 5 nitrogen and oxygen atoms in total. The molecular weight excluding hydrogens is 314 g/mol. The minimum atomic E-state index is -0.434. The molecule has 1 amide bonds. The molecule has 2 aromatic heterocycles. The Morgan fingerprint density at radius 3 is 2.44 bits per heavy atom. The lowest BCUT2D eigenvalue weighted by molar-refractivity contribution is 0.0205. The van der Waals surface area contributed by atoms with Gasteiger partial charge in [-0.3, -0.25) is 0 Å². The number of ether oxygens (including phenoxy) is 1. The van der Waals surface area contributed by atoms with Crippen molar-refractivity contribution in [2.45, 2.75) is 65.9 Å². The smallest absolute Gasteiger partial charge is 0.410 e. The van der Waals surface area contributed by atoms with Crippen LogP contribution in [0.15, 0.2) is 24.5 Å². The number of aromatic nitrogens is 2. The van der Waals surface area contributed by atoms with E-state index in [0.717, 1.165) is 31.4 Å². The van der Waals surface area contributed by atoms with Crippen molar-refractivity contribution >= 4 is 11.6 Å². The van der Waals surface area contributed by atoms with E-state index in [1.54, 1.807) is 0 Å². The lowest BCUT2D eigenvalue weighted by Crippen LogP contribution is -2.41. The van der Waals surface area contributed by atoms with E-state index in [9.17, 15) is 4.79 Å². The maximum atomic E-state index is 12.1. The van der Waals surface area contributed by atoms with Crippen LogP contribution < -0.4 is 0 Å². The first-order valence-electron chi connectivity index (χ1n) is 9.25. The Bertz CT molecular complexity index is 707. The van der Waals surface area contributed by atoms with Gasteiger partial charge in [0.1, 0.15) is 5.60 Å². The number of amides is 1. The van der Waals surface area contributed by atoms with Gasteiger partial charge in [-0.2, -0.15) is 5.10 Å². The highest BCUT2D eigenvalue weighted by Crippen LogP contribution is 2.29. The van der Waals surface area contributed by atoms with Gasteiger partial charge in [-0.05, 0) is 63.6 Å². The second-order valence-electron chi connectivity index (χ2n) is 7.36. The molecule has 1 aliphatic rings. The van der Waals surface area contributed by atoms with Gasteiger partial charge in [0.05, 0.1) is 11.7 Å². The second-order valence-corrected chi connectivity index (χ2v) is 7.36. The predicted molar refractivity (Wildman–Crippen MR) is 101 cm³/mol. The number of hydrogen-bond donors (Lipinski definition) is 0. The van der Waals surface area contributed by atoms with E-state index >= 15 is 0 Å². The van der Waals surface area contributed by atoms with Crippen molar-refractivity contribution in [3.63, 3.8) is 0 Å². The highest BCUT2D eigenvalue weighted by atomic mass is 16.6. The second kappa shape index (κ2) is 7.89. The largest absolute Gasteiger partial charge is 0.444 e. The Hall–Kier alpha value is -2.04. The van der Waals surface area contributed by atoms with Crippen LogP contribution in [0.4, 0.5) is 4.79 Å². The van der Waals surface area contributed by atoms with Gasteiger partial charge in [-0.15, -0.1) is 0 Å². The lowest BCUT2D eigenvalue weighted by Gasteiger charge is -2.33. The zero-order chi connectivity index (χ0) is 18.6. The number of fused-ring (bicyclic) bond motifs is 1. The SMILES string of the molecule is CC.Cc1cnn2cc(C3CCN(C(=O)OC(C)(C)C)CC3)ccc12. The van der Waals surface area contributed by atoms with Crippen molar-refractivity contribution in [3.8, 4) is 0 Å². The summed E-state index contributed by atoms with van der Waals surface area (Å²) in [6, 6.07) is 4.33. The van der Waals surface area contributed by atoms with Crippen molar-refractivity contribution in [1.82, 2.24) is 14.5 Å². The van der Waals surface area contributed by atoms with E-state index in [-0.39, 0.29) is 6.09 Å². The molecule has 0 saturated carbocycles. The summed E-state index contributed by atoms with van der Waals surface area (Å²) < 4.78 is 7.40. The molecule has 0 N–H and O–H groups in total. The first-order chi connectivity index (χ1) is 11.8. The van der Waals surface area contributed by atoms with Crippen LogP contribution in [-0.4, -0.2) is 39.3 Å². The van der Waals surface area contributed by atoms with Crippen molar-refractivity contribution in [1.29, 1.82) is 0 Å². The normalized spacial score (nSPS) is 15.7. The zero-order valence-corrected chi connectivity index (χ0v) is 16.4. The molecule has 1 aliphatic heterocycles. The van der Waals surface area contributed by atoms with Gasteiger partial charge in [0.15, 0.2) is 0 Å². The van der Waals surface area contributed by atoms with Gasteiger partial charge in [0.2, 0.25) is 0 Å². The molecule has 0 radical (unpaired) electrons. The number of hydrogen-bond acceptors (Lipinski definition) is 3. The Morgan fingerprint density at radius 1 is 1.20 bits per heavy atom. The van der Waals surface area contributed by atoms with Crippen LogP contribution in [-0.2, 0) is 4.74 Å². The summed E-state index contributed by atoms with van der Waals surface area (Å²) in [5, 5.41) is 4.39. The summed E-state index contributed by atoms with van der Waals surface area (Å²) in [7, 11) is 0. The monoisotopic (exact) mass is 345 g/mol. The molecule has 0 aromatic carbocycles. The highest BCUT2D eigenvalue weighted by molar-refractivity contribution is 5.68. The van der Waals surface area contributed by atoms with Gasteiger partial charge in [0, 0.05) is 19.3 Å². The summed E-state index contributed by atoms with van der Waals surface area (Å²) in [5.41, 5.74) is 3.21. The van der Waals surface area contributed by atoms with Crippen LogP contribution in [0.1, 0.15) is 64.5 Å². The third kappa shape index (κ3) is 4.74. The number of likely N-dealkylation sites (tertiary alicyclic amines) is 1. The molecule has 25 heavy (non-hydrogen) atoms. The molecule has 0 unspecified atom stereocenters. The molecule has 5 heteroatoms. The van der Waals surface area contributed by atoms with Crippen LogP contribution in [0, 0.1) is 6.92 Å². The molecule has 0 bridgehead atoms. The molecule has 1 fully saturated rings. The van der Waals surface area contributed by atoms with E-state index in [4.69, 9.17) is 4.74 Å². The minimum absolute atomic E-state index is 0.200. The Morgan fingerprint density at radius 2 is 1.84 bits per heavy atom. The first-order valence-corrected chi connectivity index (χ1v) is 9.25. The van der Waals surface area contributed by atoms with Gasteiger partial charge in [-0.1, -0.05) is 19.9 Å². The molecule has 2 aromatic rings. The Kier molecular flexibility index (Phi) is 6.09. The topological polar surface area (TPSA) is 46.8 Å². The molecule has 0 atom stereocenters. The van der Waals surface area contributed by atoms with Crippen LogP contribution in [0.2, 0.25) is 0 Å². The van der Waals surface area contributed by atoms with E-state index in [1.807, 2.05) is 50.2 Å². The summed E-state index contributed by atoms with van der Waals surface area (Å²) in [6.07, 6.45) is 5.74. The van der Waals surface area contributed by atoms with Crippen molar-refractivity contribution < 1.29 is 9.53 Å². The van der Waals surface area contributed by atoms with Crippen molar-refractivity contribution in [3.05, 3.63) is 35.7 Å². The zero-order valence-electron chi connectivity index (χ0n) is 16.4. The number of aryl methyl sites for hydroxylation is 1. The standard InChI is InChI=1S/C18H25N3O2.C2H6/c1-13-11-19-21-12-15(5-6-16(13)21)14-7-9-20(10-8-14)17(22)23-18(2,3)4;1-2/h5-6,11-12,14H,7-10H2,1-4H3;1-2H3. The van der Waals surface area contributed by atoms with Crippen molar-refractivity contribution in [2.24, 2.45) is 0 Å². The van der Waals surface area contributed by atoms with Gasteiger partial charge < -0.3 is 9.64 Å². The number of carbonyl (C=O) groups is 1. The molecule has 3 rings (SSSR count). The van der Waals surface area contributed by atoms with E-state index in [0.29, 0.717) is 5.92 Å². The summed E-state index contributed by atoms with van der Waals surface area (Å²) >= 11 is 0. The fourth-order valence-electron chi connectivity index (χ4n) is 3.09. The van der Waals surface area contributed by atoms with Crippen LogP contribution >= 0.6 is 0 Å². The van der Waals surface area contributed by atoms with E-state index < -0.39 is 5.60 Å². The first kappa shape index (κ1) is 19.3. The minimum Gasteiger partial charge on any atom is -0.444 e. The quantitative estimate of drug-likeness (QED) is 0.747. The summed E-state index contributed by atoms with van der Waals surface area (Å²) in [4.78, 5) is 13.9. The number of carbonyl (C=O) groups excluding carboxylic acids is 1. The number of pyridine rings is 1. The average Bonchev–Trinajstić information content (AvgIpc) is 2.96. The number of nitrogens with zero attached hydrogens (tertiary/aromatic N) is 3. The maximum Gasteiger partial charge on any atom is 0.410 e. The Labute approximate surface area is 151 Å². The van der Waals surface area contributed by atoms with Gasteiger partial charge >= 0.3 is 6.09 Å². The highest BCUT2D eigenvalue weighted by Gasteiger charge is 2.27. The van der Waals surface area contributed by atoms with E-state index in [1.165, 1.54) is 11.1 Å². The fourth-order valence-corrected chi connectivity index (χ4v) is 3.09. The van der Waals surface area contributed by atoms with Gasteiger partial charge in [0.25, 0.3) is 0 Å². The molecule has 0 spiro atoms. The third-order valence-electron chi connectivity index (χ3n) is 4.35. The molecule has 1 saturated heterocycles. The van der Waals surface area contributed by atoms with Gasteiger partial charge in [-0.25, -0.2) is 9.31 Å². The lowest BCUT2D eigenvalue weighted by atomic mass is 9.90. The number of rotatable bonds is 1. The molecule has 138 valence electrons. The number of piperidine rings is 1. The maximum absolute atomic E-state index is 12.1. The molecular formula is C20H31N3O2. The molecule has 3 heterocycles. The average molecular weight is 345 g/mol. The third-order valence-corrected chi connectivity index (χ3v) is 4.35.